The van der Waals surface area contributed by atoms with Crippen LogP contribution in [-0.4, -0.2) is 60.6 Å². The Balaban J connectivity index is 2.08. The first-order valence-corrected chi connectivity index (χ1v) is 8.87. The Bertz CT molecular complexity index is 577. The van der Waals surface area contributed by atoms with Crippen LogP contribution in [-0.2, 0) is 9.59 Å². The Hall–Kier alpha value is -1.53. The van der Waals surface area contributed by atoms with E-state index < -0.39 is 6.04 Å². The van der Waals surface area contributed by atoms with Gasteiger partial charge in [0.05, 0.1) is 5.75 Å². The first-order chi connectivity index (χ1) is 10.9. The minimum Gasteiger partial charge on any atom is -0.353 e. The van der Waals surface area contributed by atoms with Crippen LogP contribution in [0.1, 0.15) is 23.4 Å². The first-order valence-electron chi connectivity index (χ1n) is 7.82. The zero-order valence-corrected chi connectivity index (χ0v) is 15.0. The number of hydrogen-bond acceptors (Lipinski definition) is 4. The van der Waals surface area contributed by atoms with E-state index in [4.69, 9.17) is 0 Å². The van der Waals surface area contributed by atoms with E-state index in [2.05, 4.69) is 11.4 Å². The molecule has 1 saturated heterocycles. The van der Waals surface area contributed by atoms with Crippen molar-refractivity contribution in [2.75, 3.05) is 32.9 Å². The number of carbonyl (C=O) groups is 2. The molecule has 1 aromatic rings. The van der Waals surface area contributed by atoms with E-state index in [1.807, 2.05) is 44.1 Å². The van der Waals surface area contributed by atoms with Crippen molar-refractivity contribution in [2.45, 2.75) is 25.3 Å². The molecule has 0 aliphatic carbocycles. The molecule has 23 heavy (non-hydrogen) atoms. The summed E-state index contributed by atoms with van der Waals surface area (Å²) >= 11 is 1.58. The van der Waals surface area contributed by atoms with Gasteiger partial charge in [0.25, 0.3) is 0 Å². The lowest BCUT2D eigenvalue weighted by Gasteiger charge is -2.30. The predicted molar refractivity (Wildman–Crippen MR) is 94.2 cm³/mol. The van der Waals surface area contributed by atoms with Crippen LogP contribution in [0.3, 0.4) is 0 Å². The number of aryl methyl sites for hydroxylation is 1. The summed E-state index contributed by atoms with van der Waals surface area (Å²) < 4.78 is 0. The molecule has 1 N–H and O–H groups in total. The van der Waals surface area contributed by atoms with Gasteiger partial charge in [-0.25, -0.2) is 0 Å². The maximum absolute atomic E-state index is 12.4. The third kappa shape index (κ3) is 4.48. The highest BCUT2D eigenvalue weighted by Gasteiger charge is 2.38. The van der Waals surface area contributed by atoms with Gasteiger partial charge in [0.1, 0.15) is 11.4 Å². The molecular formula is C17H25N3O2S. The molecule has 126 valence electrons. The van der Waals surface area contributed by atoms with Crippen molar-refractivity contribution < 1.29 is 9.59 Å². The minimum absolute atomic E-state index is 0.0248. The molecule has 0 bridgehead atoms. The van der Waals surface area contributed by atoms with Gasteiger partial charge in [-0.2, -0.15) is 0 Å². The van der Waals surface area contributed by atoms with Crippen molar-refractivity contribution >= 4 is 23.6 Å². The number of nitrogens with one attached hydrogen (secondary N) is 1. The molecule has 1 fully saturated rings. The molecule has 2 amide bonds. The highest BCUT2D eigenvalue weighted by molar-refractivity contribution is 8.00. The fourth-order valence-corrected chi connectivity index (χ4v) is 3.86. The normalized spacial score (nSPS) is 19.3. The van der Waals surface area contributed by atoms with Crippen molar-refractivity contribution in [2.24, 2.45) is 0 Å². The third-order valence-corrected chi connectivity index (χ3v) is 5.12. The van der Waals surface area contributed by atoms with Gasteiger partial charge in [-0.05, 0) is 33.5 Å². The van der Waals surface area contributed by atoms with Gasteiger partial charge in [-0.3, -0.25) is 9.59 Å². The number of benzene rings is 1. The summed E-state index contributed by atoms with van der Waals surface area (Å²) in [6.45, 7) is 5.20. The van der Waals surface area contributed by atoms with Crippen molar-refractivity contribution in [1.82, 2.24) is 15.1 Å². The molecule has 6 heteroatoms. The quantitative estimate of drug-likeness (QED) is 0.859. The van der Waals surface area contributed by atoms with Crippen LogP contribution < -0.4 is 5.32 Å². The Morgan fingerprint density at radius 2 is 2.22 bits per heavy atom. The average molecular weight is 335 g/mol. The monoisotopic (exact) mass is 335 g/mol. The fourth-order valence-electron chi connectivity index (χ4n) is 2.61. The molecule has 0 radical (unpaired) electrons. The van der Waals surface area contributed by atoms with Gasteiger partial charge >= 0.3 is 0 Å². The molecule has 0 unspecified atom stereocenters. The second-order valence-electron chi connectivity index (χ2n) is 6.15. The number of thioether (sulfide) groups is 1. The molecule has 1 heterocycles. The number of carbonyl (C=O) groups excluding carboxylic acids is 2. The summed E-state index contributed by atoms with van der Waals surface area (Å²) in [6, 6.07) is 7.67. The molecule has 1 aliphatic heterocycles. The number of likely N-dealkylation sites (N-methyl/N-ethyl adjacent to an activating group) is 1. The lowest BCUT2D eigenvalue weighted by molar-refractivity contribution is -0.137. The van der Waals surface area contributed by atoms with E-state index in [0.717, 1.165) is 17.7 Å². The van der Waals surface area contributed by atoms with Crippen molar-refractivity contribution in [1.29, 1.82) is 0 Å². The SMILES string of the molecule is Cc1cccc([C@H]2SCC(=O)N2[C@H](C)C(=O)NCCN(C)C)c1. The Morgan fingerprint density at radius 3 is 2.87 bits per heavy atom. The number of rotatable bonds is 6. The average Bonchev–Trinajstić information content (AvgIpc) is 2.87. The fraction of sp³-hybridized carbons (Fsp3) is 0.529. The molecule has 0 aromatic heterocycles. The van der Waals surface area contributed by atoms with Crippen molar-refractivity contribution in [3.05, 3.63) is 35.4 Å². The molecule has 5 nitrogen and oxygen atoms in total. The number of nitrogens with zero attached hydrogens (tertiary/aromatic N) is 2. The summed E-state index contributed by atoms with van der Waals surface area (Å²) in [7, 11) is 3.92. The van der Waals surface area contributed by atoms with Crippen molar-refractivity contribution in [3.63, 3.8) is 0 Å². The maximum atomic E-state index is 12.4. The van der Waals surface area contributed by atoms with Crippen molar-refractivity contribution in [3.8, 4) is 0 Å². The molecule has 0 saturated carbocycles. The van der Waals surface area contributed by atoms with Crippen LogP contribution in [0.25, 0.3) is 0 Å². The van der Waals surface area contributed by atoms with Crippen LogP contribution in [0.2, 0.25) is 0 Å². The van der Waals surface area contributed by atoms with E-state index in [1.165, 1.54) is 0 Å². The summed E-state index contributed by atoms with van der Waals surface area (Å²) in [5.74, 6) is 0.352. The maximum Gasteiger partial charge on any atom is 0.242 e. The smallest absolute Gasteiger partial charge is 0.242 e. The standard InChI is InChI=1S/C17H25N3O2S/c1-12-6-5-7-14(10-12)17-20(15(21)11-23-17)13(2)16(22)18-8-9-19(3)4/h5-7,10,13,17H,8-9,11H2,1-4H3,(H,18,22)/t13-,17-/m1/s1. The van der Waals surface area contributed by atoms with Crippen LogP contribution in [0.5, 0.6) is 0 Å². The van der Waals surface area contributed by atoms with E-state index in [9.17, 15) is 9.59 Å². The highest BCUT2D eigenvalue weighted by atomic mass is 32.2. The predicted octanol–water partition coefficient (Wildman–Crippen LogP) is 1.64. The number of hydrogen-bond donors (Lipinski definition) is 1. The van der Waals surface area contributed by atoms with Crippen LogP contribution in [0.15, 0.2) is 24.3 Å². The molecule has 2 rings (SSSR count). The van der Waals surface area contributed by atoms with Gasteiger partial charge in [-0.15, -0.1) is 11.8 Å². The van der Waals surface area contributed by atoms with Crippen LogP contribution >= 0.6 is 11.8 Å². The van der Waals surface area contributed by atoms with E-state index in [-0.39, 0.29) is 17.2 Å². The topological polar surface area (TPSA) is 52.7 Å². The summed E-state index contributed by atoms with van der Waals surface area (Å²) in [4.78, 5) is 28.4. The molecule has 0 spiro atoms. The lowest BCUT2D eigenvalue weighted by Crippen LogP contribution is -2.47. The highest BCUT2D eigenvalue weighted by Crippen LogP contribution is 2.40. The Kier molecular flexibility index (Phi) is 6.07. The van der Waals surface area contributed by atoms with Gasteiger partial charge in [0, 0.05) is 13.1 Å². The van der Waals surface area contributed by atoms with Gasteiger partial charge in [-0.1, -0.05) is 29.8 Å². The van der Waals surface area contributed by atoms with E-state index >= 15 is 0 Å². The molecule has 1 aliphatic rings. The lowest BCUT2D eigenvalue weighted by atomic mass is 10.1. The van der Waals surface area contributed by atoms with Crippen LogP contribution in [0.4, 0.5) is 0 Å². The zero-order valence-electron chi connectivity index (χ0n) is 14.2. The number of amides is 2. The zero-order chi connectivity index (χ0) is 17.0. The Labute approximate surface area is 142 Å². The third-order valence-electron chi connectivity index (χ3n) is 3.89. The minimum atomic E-state index is -0.467. The molecule has 2 atom stereocenters. The molecule has 1 aromatic carbocycles. The van der Waals surface area contributed by atoms with Gasteiger partial charge < -0.3 is 15.1 Å². The van der Waals surface area contributed by atoms with Gasteiger partial charge in [0.15, 0.2) is 0 Å². The largest absolute Gasteiger partial charge is 0.353 e. The second-order valence-corrected chi connectivity index (χ2v) is 7.22. The first kappa shape index (κ1) is 17.8. The summed E-state index contributed by atoms with van der Waals surface area (Å²) in [5, 5.41) is 2.82. The van der Waals surface area contributed by atoms with Gasteiger partial charge in [0.2, 0.25) is 11.8 Å². The second kappa shape index (κ2) is 7.84. The van der Waals surface area contributed by atoms with E-state index in [0.29, 0.717) is 12.3 Å². The molecular weight excluding hydrogens is 310 g/mol. The van der Waals surface area contributed by atoms with Crippen LogP contribution in [0, 0.1) is 6.92 Å². The summed E-state index contributed by atoms with van der Waals surface area (Å²) in [6.07, 6.45) is 0. The summed E-state index contributed by atoms with van der Waals surface area (Å²) in [5.41, 5.74) is 2.24. The van der Waals surface area contributed by atoms with E-state index in [1.54, 1.807) is 23.6 Å². The Morgan fingerprint density at radius 1 is 1.48 bits per heavy atom.